The average Bonchev–Trinajstić information content (AvgIpc) is 3.02. The SMILES string of the molecule is CCN1CC(C(=O)NCc2cc(F)ccc2-c2cn(CC(=O)O)c3ccc(F)cc23)C1. The van der Waals surface area contributed by atoms with Crippen molar-refractivity contribution in [3.8, 4) is 11.1 Å². The zero-order chi connectivity index (χ0) is 22.1. The van der Waals surface area contributed by atoms with Crippen LogP contribution in [0.15, 0.2) is 42.6 Å². The minimum atomic E-state index is -1.03. The number of nitrogens with one attached hydrogen (secondary N) is 1. The quantitative estimate of drug-likeness (QED) is 0.607. The molecule has 0 radical (unpaired) electrons. The Balaban J connectivity index is 1.67. The Morgan fingerprint density at radius 3 is 2.52 bits per heavy atom. The molecule has 0 atom stereocenters. The number of hydrogen-bond acceptors (Lipinski definition) is 3. The average molecular weight is 427 g/mol. The maximum atomic E-state index is 14.0. The van der Waals surface area contributed by atoms with Crippen molar-refractivity contribution in [2.45, 2.75) is 20.0 Å². The number of carboxylic acids is 1. The molecular weight excluding hydrogens is 404 g/mol. The first kappa shape index (κ1) is 21.0. The van der Waals surface area contributed by atoms with E-state index in [4.69, 9.17) is 0 Å². The number of fused-ring (bicyclic) bond motifs is 1. The maximum Gasteiger partial charge on any atom is 0.323 e. The lowest BCUT2D eigenvalue weighted by atomic mass is 9.97. The molecule has 0 unspecified atom stereocenters. The van der Waals surface area contributed by atoms with Crippen molar-refractivity contribution in [1.29, 1.82) is 0 Å². The Morgan fingerprint density at radius 1 is 1.10 bits per heavy atom. The van der Waals surface area contributed by atoms with Gasteiger partial charge in [-0.15, -0.1) is 0 Å². The smallest absolute Gasteiger partial charge is 0.323 e. The van der Waals surface area contributed by atoms with Gasteiger partial charge in [-0.2, -0.15) is 0 Å². The molecule has 4 rings (SSSR count). The topological polar surface area (TPSA) is 74.6 Å². The van der Waals surface area contributed by atoms with Gasteiger partial charge in [0.1, 0.15) is 18.2 Å². The highest BCUT2D eigenvalue weighted by molar-refractivity contribution is 5.97. The van der Waals surface area contributed by atoms with Gasteiger partial charge in [0, 0.05) is 42.3 Å². The maximum absolute atomic E-state index is 14.0. The van der Waals surface area contributed by atoms with Crippen LogP contribution in [0.5, 0.6) is 0 Å². The second kappa shape index (κ2) is 8.47. The molecule has 2 N–H and O–H groups in total. The summed E-state index contributed by atoms with van der Waals surface area (Å²) in [5, 5.41) is 12.6. The number of hydrogen-bond donors (Lipinski definition) is 2. The van der Waals surface area contributed by atoms with E-state index in [1.807, 2.05) is 6.92 Å². The van der Waals surface area contributed by atoms with E-state index in [0.717, 1.165) is 6.54 Å². The molecule has 0 saturated carbocycles. The third kappa shape index (κ3) is 4.29. The predicted molar refractivity (Wildman–Crippen MR) is 112 cm³/mol. The van der Waals surface area contributed by atoms with Crippen molar-refractivity contribution in [2.24, 2.45) is 5.92 Å². The summed E-state index contributed by atoms with van der Waals surface area (Å²) in [4.78, 5) is 25.8. The molecular formula is C23H23F2N3O3. The Morgan fingerprint density at radius 2 is 1.81 bits per heavy atom. The Bertz CT molecular complexity index is 1150. The molecule has 1 amide bonds. The van der Waals surface area contributed by atoms with Crippen LogP contribution in [-0.4, -0.2) is 46.1 Å². The number of carbonyl (C=O) groups excluding carboxylic acids is 1. The number of aliphatic carboxylic acids is 1. The van der Waals surface area contributed by atoms with Gasteiger partial charge in [-0.1, -0.05) is 13.0 Å². The Hall–Kier alpha value is -3.26. The summed E-state index contributed by atoms with van der Waals surface area (Å²) in [6.45, 7) is 4.19. The number of benzene rings is 2. The number of halogens is 2. The molecule has 2 aromatic carbocycles. The van der Waals surface area contributed by atoms with Crippen molar-refractivity contribution >= 4 is 22.8 Å². The molecule has 0 bridgehead atoms. The molecule has 0 aliphatic carbocycles. The Kier molecular flexibility index (Phi) is 5.73. The monoisotopic (exact) mass is 427 g/mol. The van der Waals surface area contributed by atoms with E-state index in [1.54, 1.807) is 12.3 Å². The molecule has 1 aromatic heterocycles. The third-order valence-electron chi connectivity index (χ3n) is 5.73. The van der Waals surface area contributed by atoms with Crippen molar-refractivity contribution in [3.63, 3.8) is 0 Å². The van der Waals surface area contributed by atoms with Gasteiger partial charge in [0.2, 0.25) is 5.91 Å². The number of carbonyl (C=O) groups is 2. The lowest BCUT2D eigenvalue weighted by Crippen LogP contribution is -2.53. The fourth-order valence-electron chi connectivity index (χ4n) is 4.05. The van der Waals surface area contributed by atoms with E-state index >= 15 is 0 Å². The standard InChI is InChI=1S/C23H23F2N3O3/c1-2-27-10-15(11-27)23(31)26-9-14-7-16(24)3-5-18(14)20-12-28(13-22(29)30)21-6-4-17(25)8-19(20)21/h3-8,12,15H,2,9-11,13H2,1H3,(H,26,31)(H,29,30). The van der Waals surface area contributed by atoms with Gasteiger partial charge in [0.25, 0.3) is 0 Å². The van der Waals surface area contributed by atoms with Gasteiger partial charge < -0.3 is 19.9 Å². The summed E-state index contributed by atoms with van der Waals surface area (Å²) in [7, 11) is 0. The number of likely N-dealkylation sites (tertiary alicyclic amines) is 1. The summed E-state index contributed by atoms with van der Waals surface area (Å²) < 4.78 is 29.5. The highest BCUT2D eigenvalue weighted by Crippen LogP contribution is 2.34. The molecule has 0 spiro atoms. The fourth-order valence-corrected chi connectivity index (χ4v) is 4.05. The summed E-state index contributed by atoms with van der Waals surface area (Å²) >= 11 is 0. The zero-order valence-corrected chi connectivity index (χ0v) is 17.1. The minimum absolute atomic E-state index is 0.0801. The first-order valence-corrected chi connectivity index (χ1v) is 10.1. The van der Waals surface area contributed by atoms with Crippen LogP contribution in [0.4, 0.5) is 8.78 Å². The van der Waals surface area contributed by atoms with E-state index in [2.05, 4.69) is 10.2 Å². The van der Waals surface area contributed by atoms with Gasteiger partial charge in [-0.3, -0.25) is 9.59 Å². The van der Waals surface area contributed by atoms with Crippen LogP contribution in [0, 0.1) is 17.6 Å². The van der Waals surface area contributed by atoms with Crippen molar-refractivity contribution < 1.29 is 23.5 Å². The molecule has 8 heteroatoms. The summed E-state index contributed by atoms with van der Waals surface area (Å²) in [6.07, 6.45) is 1.63. The molecule has 1 saturated heterocycles. The van der Waals surface area contributed by atoms with Crippen LogP contribution in [0.3, 0.4) is 0 Å². The first-order chi connectivity index (χ1) is 14.9. The predicted octanol–water partition coefficient (Wildman–Crippen LogP) is 3.24. The fraction of sp³-hybridized carbons (Fsp3) is 0.304. The summed E-state index contributed by atoms with van der Waals surface area (Å²) in [5.74, 6) is -2.10. The van der Waals surface area contributed by atoms with E-state index in [9.17, 15) is 23.5 Å². The van der Waals surface area contributed by atoms with Crippen molar-refractivity contribution in [1.82, 2.24) is 14.8 Å². The van der Waals surface area contributed by atoms with Gasteiger partial charge in [0.15, 0.2) is 0 Å². The molecule has 3 aromatic rings. The lowest BCUT2D eigenvalue weighted by Gasteiger charge is -2.37. The number of carboxylic acid groups (broad SMARTS) is 1. The summed E-state index contributed by atoms with van der Waals surface area (Å²) in [6, 6.07) is 8.35. The van der Waals surface area contributed by atoms with Gasteiger partial charge in [-0.05, 0) is 48.0 Å². The first-order valence-electron chi connectivity index (χ1n) is 10.1. The van der Waals surface area contributed by atoms with Crippen molar-refractivity contribution in [2.75, 3.05) is 19.6 Å². The molecule has 1 fully saturated rings. The zero-order valence-electron chi connectivity index (χ0n) is 17.1. The number of amides is 1. The van der Waals surface area contributed by atoms with Crippen LogP contribution in [0.25, 0.3) is 22.0 Å². The number of aromatic nitrogens is 1. The third-order valence-corrected chi connectivity index (χ3v) is 5.73. The van der Waals surface area contributed by atoms with Crippen LogP contribution < -0.4 is 5.32 Å². The lowest BCUT2D eigenvalue weighted by molar-refractivity contribution is -0.137. The second-order valence-electron chi connectivity index (χ2n) is 7.79. The molecule has 6 nitrogen and oxygen atoms in total. The second-order valence-corrected chi connectivity index (χ2v) is 7.79. The van der Waals surface area contributed by atoms with Crippen LogP contribution >= 0.6 is 0 Å². The minimum Gasteiger partial charge on any atom is -0.480 e. The highest BCUT2D eigenvalue weighted by Gasteiger charge is 2.31. The van der Waals surface area contributed by atoms with E-state index in [1.165, 1.54) is 34.9 Å². The Labute approximate surface area is 178 Å². The van der Waals surface area contributed by atoms with Crippen LogP contribution in [0.1, 0.15) is 12.5 Å². The number of nitrogens with zero attached hydrogens (tertiary/aromatic N) is 2. The van der Waals surface area contributed by atoms with E-state index < -0.39 is 17.6 Å². The molecule has 2 heterocycles. The molecule has 1 aliphatic rings. The molecule has 162 valence electrons. The normalized spacial score (nSPS) is 14.5. The van der Waals surface area contributed by atoms with Gasteiger partial charge in [-0.25, -0.2) is 8.78 Å². The molecule has 31 heavy (non-hydrogen) atoms. The van der Waals surface area contributed by atoms with Crippen LogP contribution in [0.2, 0.25) is 0 Å². The molecule has 1 aliphatic heterocycles. The summed E-state index contributed by atoms with van der Waals surface area (Å²) in [5.41, 5.74) is 2.30. The van der Waals surface area contributed by atoms with E-state index in [-0.39, 0.29) is 24.9 Å². The van der Waals surface area contributed by atoms with Crippen molar-refractivity contribution in [3.05, 3.63) is 59.8 Å². The van der Waals surface area contributed by atoms with E-state index in [0.29, 0.717) is 40.7 Å². The van der Waals surface area contributed by atoms with Crippen LogP contribution in [-0.2, 0) is 22.7 Å². The van der Waals surface area contributed by atoms with Gasteiger partial charge >= 0.3 is 5.97 Å². The number of rotatable bonds is 7. The highest BCUT2D eigenvalue weighted by atomic mass is 19.1. The van der Waals surface area contributed by atoms with Gasteiger partial charge in [0.05, 0.1) is 5.92 Å². The largest absolute Gasteiger partial charge is 0.480 e.